The fourth-order valence-corrected chi connectivity index (χ4v) is 2.84. The summed E-state index contributed by atoms with van der Waals surface area (Å²) in [6, 6.07) is 14.0. The SMILES string of the molecule is CCNC(=NCC(CC)Oc1ccccc1F)NCCc1cccc(C(=O)NC)c1.I. The van der Waals surface area contributed by atoms with E-state index in [2.05, 4.69) is 20.9 Å². The average Bonchev–Trinajstić information content (AvgIpc) is 2.77. The molecule has 0 aliphatic carbocycles. The van der Waals surface area contributed by atoms with Gasteiger partial charge in [-0.3, -0.25) is 4.79 Å². The number of carbonyl (C=O) groups excluding carboxylic acids is 1. The third kappa shape index (κ3) is 9.12. The predicted molar refractivity (Wildman–Crippen MR) is 134 cm³/mol. The van der Waals surface area contributed by atoms with Gasteiger partial charge in [0.15, 0.2) is 17.5 Å². The van der Waals surface area contributed by atoms with Crippen molar-refractivity contribution in [2.45, 2.75) is 32.8 Å². The number of aliphatic imine (C=N–C) groups is 1. The highest BCUT2D eigenvalue weighted by Crippen LogP contribution is 2.18. The van der Waals surface area contributed by atoms with E-state index < -0.39 is 0 Å². The zero-order valence-electron chi connectivity index (χ0n) is 18.3. The number of hydrogen-bond acceptors (Lipinski definition) is 3. The number of carbonyl (C=O) groups is 1. The van der Waals surface area contributed by atoms with E-state index in [1.165, 1.54) is 6.07 Å². The molecule has 170 valence electrons. The largest absolute Gasteiger partial charge is 0.485 e. The second-order valence-electron chi connectivity index (χ2n) is 6.75. The number of ether oxygens (including phenoxy) is 1. The second kappa shape index (κ2) is 14.6. The number of hydrogen-bond donors (Lipinski definition) is 3. The van der Waals surface area contributed by atoms with Crippen LogP contribution in [0.2, 0.25) is 0 Å². The quantitative estimate of drug-likeness (QED) is 0.243. The zero-order valence-corrected chi connectivity index (χ0v) is 20.6. The van der Waals surface area contributed by atoms with Gasteiger partial charge >= 0.3 is 0 Å². The minimum atomic E-state index is -0.371. The number of rotatable bonds is 10. The summed E-state index contributed by atoms with van der Waals surface area (Å²) in [7, 11) is 1.62. The molecule has 3 N–H and O–H groups in total. The maximum atomic E-state index is 13.8. The third-order valence-corrected chi connectivity index (χ3v) is 4.51. The number of nitrogens with one attached hydrogen (secondary N) is 3. The molecule has 0 saturated carbocycles. The Morgan fingerprint density at radius 2 is 1.90 bits per heavy atom. The molecule has 1 atom stereocenters. The van der Waals surface area contributed by atoms with Gasteiger partial charge in [0.1, 0.15) is 6.10 Å². The van der Waals surface area contributed by atoms with Gasteiger partial charge in [-0.05, 0) is 49.6 Å². The molecule has 0 bridgehead atoms. The molecular weight excluding hydrogens is 510 g/mol. The monoisotopic (exact) mass is 542 g/mol. The molecule has 0 spiro atoms. The summed E-state index contributed by atoms with van der Waals surface area (Å²) in [5.41, 5.74) is 1.71. The lowest BCUT2D eigenvalue weighted by molar-refractivity contribution is 0.0963. The van der Waals surface area contributed by atoms with Crippen molar-refractivity contribution < 1.29 is 13.9 Å². The van der Waals surface area contributed by atoms with Crippen molar-refractivity contribution >= 4 is 35.8 Å². The Morgan fingerprint density at radius 1 is 1.13 bits per heavy atom. The molecule has 2 aromatic carbocycles. The highest BCUT2D eigenvalue weighted by molar-refractivity contribution is 14.0. The molecule has 6 nitrogen and oxygen atoms in total. The van der Waals surface area contributed by atoms with Crippen LogP contribution in [0, 0.1) is 5.82 Å². The summed E-state index contributed by atoms with van der Waals surface area (Å²) in [5, 5.41) is 9.14. The zero-order chi connectivity index (χ0) is 21.8. The highest BCUT2D eigenvalue weighted by atomic mass is 127. The van der Waals surface area contributed by atoms with E-state index in [0.717, 1.165) is 18.5 Å². The first-order valence-electron chi connectivity index (χ1n) is 10.3. The minimum Gasteiger partial charge on any atom is -0.485 e. The van der Waals surface area contributed by atoms with Crippen LogP contribution >= 0.6 is 24.0 Å². The fraction of sp³-hybridized carbons (Fsp3) is 0.391. The first kappa shape index (κ1) is 26.7. The molecule has 0 radical (unpaired) electrons. The standard InChI is InChI=1S/C23H31FN4O2.HI/c1-4-19(30-21-12-7-6-11-20(21)24)16-28-23(26-5-2)27-14-13-17-9-8-10-18(15-17)22(29)25-3;/h6-12,15,19H,4-5,13-14,16H2,1-3H3,(H,25,29)(H2,26,27,28);1H. The van der Waals surface area contributed by atoms with E-state index in [9.17, 15) is 9.18 Å². The molecule has 1 amide bonds. The normalized spacial score (nSPS) is 11.8. The van der Waals surface area contributed by atoms with Crippen LogP contribution in [0.15, 0.2) is 53.5 Å². The number of guanidine groups is 1. The van der Waals surface area contributed by atoms with Crippen LogP contribution in [0.3, 0.4) is 0 Å². The first-order valence-corrected chi connectivity index (χ1v) is 10.3. The maximum Gasteiger partial charge on any atom is 0.251 e. The summed E-state index contributed by atoms with van der Waals surface area (Å²) in [5.74, 6) is 0.452. The summed E-state index contributed by atoms with van der Waals surface area (Å²) >= 11 is 0. The Hall–Kier alpha value is -2.36. The molecule has 2 rings (SSSR count). The average molecular weight is 542 g/mol. The summed E-state index contributed by atoms with van der Waals surface area (Å²) in [6.07, 6.45) is 1.24. The molecule has 31 heavy (non-hydrogen) atoms. The van der Waals surface area contributed by atoms with Crippen LogP contribution in [0.5, 0.6) is 5.75 Å². The van der Waals surface area contributed by atoms with Gasteiger partial charge in [0.05, 0.1) is 6.54 Å². The Labute approximate surface area is 201 Å². The molecule has 0 aromatic heterocycles. The Balaban J connectivity index is 0.00000480. The van der Waals surface area contributed by atoms with E-state index >= 15 is 0 Å². The molecule has 2 aromatic rings. The highest BCUT2D eigenvalue weighted by Gasteiger charge is 2.11. The summed E-state index contributed by atoms with van der Waals surface area (Å²) < 4.78 is 19.6. The number of amides is 1. The minimum absolute atomic E-state index is 0. The van der Waals surface area contributed by atoms with Gasteiger partial charge in [0.2, 0.25) is 0 Å². The number of para-hydroxylation sites is 1. The van der Waals surface area contributed by atoms with Crippen molar-refractivity contribution in [2.75, 3.05) is 26.7 Å². The lowest BCUT2D eigenvalue weighted by atomic mass is 10.1. The van der Waals surface area contributed by atoms with Crippen LogP contribution in [0.1, 0.15) is 36.2 Å². The van der Waals surface area contributed by atoms with Crippen LogP contribution in [0.25, 0.3) is 0 Å². The van der Waals surface area contributed by atoms with Crippen molar-refractivity contribution in [3.8, 4) is 5.75 Å². The van der Waals surface area contributed by atoms with Gasteiger partial charge in [-0.1, -0.05) is 31.2 Å². The molecule has 0 heterocycles. The Morgan fingerprint density at radius 3 is 2.58 bits per heavy atom. The van der Waals surface area contributed by atoms with E-state index in [1.807, 2.05) is 32.0 Å². The molecular formula is C23H32FIN4O2. The number of benzene rings is 2. The van der Waals surface area contributed by atoms with E-state index in [4.69, 9.17) is 4.74 Å². The number of nitrogens with zero attached hydrogens (tertiary/aromatic N) is 1. The van der Waals surface area contributed by atoms with Crippen molar-refractivity contribution in [3.63, 3.8) is 0 Å². The van der Waals surface area contributed by atoms with E-state index in [-0.39, 0.29) is 47.6 Å². The lowest BCUT2D eigenvalue weighted by Gasteiger charge is -2.17. The molecule has 0 aliphatic rings. The molecule has 1 unspecified atom stereocenters. The van der Waals surface area contributed by atoms with Crippen LogP contribution in [-0.2, 0) is 6.42 Å². The first-order chi connectivity index (χ1) is 14.6. The number of halogens is 2. The Bertz CT molecular complexity index is 848. The topological polar surface area (TPSA) is 74.8 Å². The predicted octanol–water partition coefficient (Wildman–Crippen LogP) is 3.76. The molecule has 0 aliphatic heterocycles. The van der Waals surface area contributed by atoms with Crippen molar-refractivity contribution in [1.29, 1.82) is 0 Å². The van der Waals surface area contributed by atoms with Crippen LogP contribution in [-0.4, -0.2) is 44.7 Å². The van der Waals surface area contributed by atoms with Gasteiger partial charge in [-0.15, -0.1) is 24.0 Å². The van der Waals surface area contributed by atoms with Crippen molar-refractivity contribution in [1.82, 2.24) is 16.0 Å². The molecule has 0 saturated heterocycles. The Kier molecular flexibility index (Phi) is 12.6. The van der Waals surface area contributed by atoms with Gasteiger partial charge in [-0.25, -0.2) is 9.38 Å². The smallest absolute Gasteiger partial charge is 0.251 e. The van der Waals surface area contributed by atoms with Crippen LogP contribution < -0.4 is 20.7 Å². The van der Waals surface area contributed by atoms with E-state index in [1.54, 1.807) is 31.3 Å². The summed E-state index contributed by atoms with van der Waals surface area (Å²) in [4.78, 5) is 16.4. The second-order valence-corrected chi connectivity index (χ2v) is 6.75. The van der Waals surface area contributed by atoms with E-state index in [0.29, 0.717) is 31.0 Å². The molecule has 8 heteroatoms. The van der Waals surface area contributed by atoms with Gasteiger partial charge in [0.25, 0.3) is 5.91 Å². The van der Waals surface area contributed by atoms with Gasteiger partial charge in [0, 0.05) is 25.7 Å². The molecule has 0 fully saturated rings. The van der Waals surface area contributed by atoms with Crippen LogP contribution in [0.4, 0.5) is 4.39 Å². The van der Waals surface area contributed by atoms with Gasteiger partial charge < -0.3 is 20.7 Å². The van der Waals surface area contributed by atoms with Crippen molar-refractivity contribution in [2.24, 2.45) is 4.99 Å². The maximum absolute atomic E-state index is 13.8. The van der Waals surface area contributed by atoms with Gasteiger partial charge in [-0.2, -0.15) is 0 Å². The summed E-state index contributed by atoms with van der Waals surface area (Å²) in [6.45, 7) is 5.78. The fourth-order valence-electron chi connectivity index (χ4n) is 2.84. The van der Waals surface area contributed by atoms with Crippen molar-refractivity contribution in [3.05, 3.63) is 65.5 Å². The lowest BCUT2D eigenvalue weighted by Crippen LogP contribution is -2.39. The third-order valence-electron chi connectivity index (χ3n) is 4.51.